The van der Waals surface area contributed by atoms with Crippen molar-refractivity contribution in [1.82, 2.24) is 14.8 Å². The monoisotopic (exact) mass is 428 g/mol. The standard InChI is InChI=1S/C22H19F3N4S/c1-14(2)15-8-10-16(11-9-15)30-28-21-13-20(22(23,24)25)27-29(21)19-7-3-6-18-17(19)5-4-12-26-18/h3-14,28H,1-2H3. The van der Waals surface area contributed by atoms with Crippen molar-refractivity contribution in [3.05, 3.63) is 78.1 Å². The van der Waals surface area contributed by atoms with Crippen LogP contribution in [-0.2, 0) is 6.18 Å². The van der Waals surface area contributed by atoms with Gasteiger partial charge in [0.2, 0.25) is 0 Å². The normalized spacial score (nSPS) is 11.9. The molecule has 0 unspecified atom stereocenters. The molecule has 4 nitrogen and oxygen atoms in total. The number of aromatic nitrogens is 3. The van der Waals surface area contributed by atoms with Crippen LogP contribution in [0.5, 0.6) is 0 Å². The number of hydrogen-bond acceptors (Lipinski definition) is 4. The highest BCUT2D eigenvalue weighted by Crippen LogP contribution is 2.34. The van der Waals surface area contributed by atoms with Gasteiger partial charge in [0.1, 0.15) is 5.82 Å². The summed E-state index contributed by atoms with van der Waals surface area (Å²) < 4.78 is 44.4. The van der Waals surface area contributed by atoms with Crippen molar-refractivity contribution in [3.63, 3.8) is 0 Å². The van der Waals surface area contributed by atoms with Crippen molar-refractivity contribution in [2.75, 3.05) is 4.72 Å². The lowest BCUT2D eigenvalue weighted by molar-refractivity contribution is -0.141. The van der Waals surface area contributed by atoms with Crippen molar-refractivity contribution < 1.29 is 13.2 Å². The zero-order valence-corrected chi connectivity index (χ0v) is 17.1. The molecule has 4 aromatic rings. The fourth-order valence-corrected chi connectivity index (χ4v) is 3.72. The van der Waals surface area contributed by atoms with Crippen LogP contribution in [-0.4, -0.2) is 14.8 Å². The van der Waals surface area contributed by atoms with Gasteiger partial charge in [0.05, 0.1) is 11.2 Å². The maximum absolute atomic E-state index is 13.4. The quantitative estimate of drug-likeness (QED) is 0.360. The van der Waals surface area contributed by atoms with E-state index in [4.69, 9.17) is 0 Å². The second-order valence-electron chi connectivity index (χ2n) is 7.10. The van der Waals surface area contributed by atoms with Crippen LogP contribution in [0.4, 0.5) is 19.0 Å². The molecule has 0 atom stereocenters. The first-order valence-corrected chi connectivity index (χ1v) is 10.2. The Labute approximate surface area is 176 Å². The molecule has 0 aliphatic carbocycles. The molecule has 2 aromatic carbocycles. The maximum Gasteiger partial charge on any atom is 0.435 e. The van der Waals surface area contributed by atoms with Gasteiger partial charge in [-0.3, -0.25) is 4.98 Å². The van der Waals surface area contributed by atoms with Gasteiger partial charge < -0.3 is 4.72 Å². The average molecular weight is 428 g/mol. The van der Waals surface area contributed by atoms with E-state index in [9.17, 15) is 13.2 Å². The van der Waals surface area contributed by atoms with Gasteiger partial charge in [0, 0.05) is 22.5 Å². The molecule has 0 aliphatic rings. The molecule has 0 amide bonds. The highest BCUT2D eigenvalue weighted by molar-refractivity contribution is 8.00. The van der Waals surface area contributed by atoms with E-state index in [1.165, 1.54) is 22.2 Å². The number of hydrogen-bond donors (Lipinski definition) is 1. The SMILES string of the molecule is CC(C)c1ccc(SNc2cc(C(F)(F)F)nn2-c2cccc3ncccc23)cc1. The summed E-state index contributed by atoms with van der Waals surface area (Å²) in [5.41, 5.74) is 1.45. The summed E-state index contributed by atoms with van der Waals surface area (Å²) >= 11 is 1.24. The Morgan fingerprint density at radius 1 is 1.00 bits per heavy atom. The summed E-state index contributed by atoms with van der Waals surface area (Å²) in [6.07, 6.45) is -2.90. The second kappa shape index (κ2) is 8.02. The molecule has 8 heteroatoms. The smallest absolute Gasteiger partial charge is 0.310 e. The molecule has 0 saturated carbocycles. The van der Waals surface area contributed by atoms with Gasteiger partial charge in [-0.05, 0) is 59.8 Å². The third kappa shape index (κ3) is 4.14. The molecule has 0 bridgehead atoms. The van der Waals surface area contributed by atoms with Gasteiger partial charge in [-0.15, -0.1) is 0 Å². The number of pyridine rings is 1. The van der Waals surface area contributed by atoms with E-state index < -0.39 is 11.9 Å². The summed E-state index contributed by atoms with van der Waals surface area (Å²) in [4.78, 5) is 5.17. The van der Waals surface area contributed by atoms with Gasteiger partial charge in [0.15, 0.2) is 5.69 Å². The molecule has 30 heavy (non-hydrogen) atoms. The van der Waals surface area contributed by atoms with Crippen LogP contribution in [0.3, 0.4) is 0 Å². The highest BCUT2D eigenvalue weighted by atomic mass is 32.2. The van der Waals surface area contributed by atoms with Crippen molar-refractivity contribution in [3.8, 4) is 5.69 Å². The van der Waals surface area contributed by atoms with Crippen LogP contribution in [0.15, 0.2) is 71.8 Å². The Morgan fingerprint density at radius 2 is 1.77 bits per heavy atom. The molecule has 0 aliphatic heterocycles. The summed E-state index contributed by atoms with van der Waals surface area (Å²) in [7, 11) is 0. The van der Waals surface area contributed by atoms with Crippen LogP contribution in [0.25, 0.3) is 16.6 Å². The van der Waals surface area contributed by atoms with E-state index in [1.807, 2.05) is 36.4 Å². The molecule has 0 spiro atoms. The number of alkyl halides is 3. The molecule has 1 N–H and O–H groups in total. The fourth-order valence-electron chi connectivity index (χ4n) is 3.08. The first kappa shape index (κ1) is 20.3. The number of rotatable bonds is 5. The minimum atomic E-state index is -4.55. The lowest BCUT2D eigenvalue weighted by Gasteiger charge is -2.12. The number of benzene rings is 2. The summed E-state index contributed by atoms with van der Waals surface area (Å²) in [6, 6.07) is 17.8. The Bertz CT molecular complexity index is 1160. The lowest BCUT2D eigenvalue weighted by Crippen LogP contribution is -2.08. The van der Waals surface area contributed by atoms with Crippen molar-refractivity contribution >= 4 is 28.7 Å². The predicted molar refractivity (Wildman–Crippen MR) is 114 cm³/mol. The summed E-state index contributed by atoms with van der Waals surface area (Å²) in [5, 5.41) is 4.55. The number of halogens is 3. The molecule has 0 fully saturated rings. The maximum atomic E-state index is 13.4. The lowest BCUT2D eigenvalue weighted by atomic mass is 10.0. The summed E-state index contributed by atoms with van der Waals surface area (Å²) in [6.45, 7) is 4.22. The Balaban J connectivity index is 1.71. The van der Waals surface area contributed by atoms with Gasteiger partial charge in [-0.1, -0.05) is 32.0 Å². The average Bonchev–Trinajstić information content (AvgIpc) is 3.17. The number of nitrogens with zero attached hydrogens (tertiary/aromatic N) is 3. The topological polar surface area (TPSA) is 42.7 Å². The number of nitrogens with one attached hydrogen (secondary N) is 1. The Kier molecular flexibility index (Phi) is 5.42. The predicted octanol–water partition coefficient (Wildman–Crippen LogP) is 6.68. The van der Waals surface area contributed by atoms with Gasteiger partial charge in [0.25, 0.3) is 0 Å². The molecular weight excluding hydrogens is 409 g/mol. The fraction of sp³-hybridized carbons (Fsp3) is 0.182. The Hall–Kier alpha value is -3.00. The van der Waals surface area contributed by atoms with Crippen LogP contribution in [0.2, 0.25) is 0 Å². The van der Waals surface area contributed by atoms with E-state index in [2.05, 4.69) is 28.7 Å². The zero-order valence-electron chi connectivity index (χ0n) is 16.3. The van der Waals surface area contributed by atoms with Gasteiger partial charge >= 0.3 is 6.18 Å². The van der Waals surface area contributed by atoms with E-state index in [1.54, 1.807) is 24.4 Å². The first-order valence-electron chi connectivity index (χ1n) is 9.37. The van der Waals surface area contributed by atoms with Crippen LogP contribution in [0, 0.1) is 0 Å². The molecule has 2 aromatic heterocycles. The Morgan fingerprint density at radius 3 is 2.47 bits per heavy atom. The third-order valence-corrected chi connectivity index (χ3v) is 5.49. The van der Waals surface area contributed by atoms with Gasteiger partial charge in [-0.2, -0.15) is 18.3 Å². The van der Waals surface area contributed by atoms with Crippen molar-refractivity contribution in [1.29, 1.82) is 0 Å². The van der Waals surface area contributed by atoms with E-state index in [0.717, 1.165) is 11.0 Å². The van der Waals surface area contributed by atoms with E-state index >= 15 is 0 Å². The molecule has 0 radical (unpaired) electrons. The highest BCUT2D eigenvalue weighted by Gasteiger charge is 2.35. The van der Waals surface area contributed by atoms with Crippen LogP contribution >= 0.6 is 11.9 Å². The van der Waals surface area contributed by atoms with Crippen molar-refractivity contribution in [2.45, 2.75) is 30.8 Å². The third-order valence-electron chi connectivity index (χ3n) is 4.67. The second-order valence-corrected chi connectivity index (χ2v) is 7.98. The zero-order chi connectivity index (χ0) is 21.3. The van der Waals surface area contributed by atoms with Crippen LogP contribution in [0.1, 0.15) is 31.0 Å². The minimum Gasteiger partial charge on any atom is -0.310 e. The molecular formula is C22H19F3N4S. The number of fused-ring (bicyclic) bond motifs is 1. The first-order chi connectivity index (χ1) is 14.3. The van der Waals surface area contributed by atoms with E-state index in [-0.39, 0.29) is 5.82 Å². The summed E-state index contributed by atoms with van der Waals surface area (Å²) in [5.74, 6) is 0.643. The molecule has 4 rings (SSSR count). The van der Waals surface area contributed by atoms with Crippen molar-refractivity contribution in [2.24, 2.45) is 0 Å². The van der Waals surface area contributed by atoms with Crippen LogP contribution < -0.4 is 4.72 Å². The van der Waals surface area contributed by atoms with E-state index in [0.29, 0.717) is 22.5 Å². The minimum absolute atomic E-state index is 0.233. The molecule has 2 heterocycles. The largest absolute Gasteiger partial charge is 0.435 e. The number of anilines is 1. The van der Waals surface area contributed by atoms with Gasteiger partial charge in [-0.25, -0.2) is 4.68 Å². The molecule has 0 saturated heterocycles. The molecule has 154 valence electrons.